The second-order valence-corrected chi connectivity index (χ2v) is 5.11. The zero-order chi connectivity index (χ0) is 16.1. The van der Waals surface area contributed by atoms with Gasteiger partial charge in [-0.3, -0.25) is 4.79 Å². The van der Waals surface area contributed by atoms with Crippen molar-refractivity contribution in [2.45, 2.75) is 19.9 Å². The Balaban J connectivity index is 2.32. The lowest BCUT2D eigenvalue weighted by atomic mass is 10.0. The van der Waals surface area contributed by atoms with Gasteiger partial charge in [-0.1, -0.05) is 24.3 Å². The predicted octanol–water partition coefficient (Wildman–Crippen LogP) is 3.57. The molecule has 2 rings (SSSR count). The van der Waals surface area contributed by atoms with Gasteiger partial charge < -0.3 is 14.8 Å². The molecule has 4 nitrogen and oxygen atoms in total. The van der Waals surface area contributed by atoms with E-state index >= 15 is 0 Å². The van der Waals surface area contributed by atoms with E-state index in [4.69, 9.17) is 9.47 Å². The van der Waals surface area contributed by atoms with Crippen molar-refractivity contribution >= 4 is 5.91 Å². The minimum absolute atomic E-state index is 0.0150. The van der Waals surface area contributed by atoms with Crippen molar-refractivity contribution in [1.82, 2.24) is 5.32 Å². The summed E-state index contributed by atoms with van der Waals surface area (Å²) in [6.07, 6.45) is 0. The monoisotopic (exact) mass is 299 g/mol. The molecule has 0 aliphatic carbocycles. The minimum Gasteiger partial charge on any atom is -0.497 e. The van der Waals surface area contributed by atoms with Crippen LogP contribution in [0.1, 0.15) is 25.5 Å². The Morgan fingerprint density at radius 1 is 1.05 bits per heavy atom. The second kappa shape index (κ2) is 6.98. The first-order chi connectivity index (χ1) is 10.5. The highest BCUT2D eigenvalue weighted by Gasteiger charge is 2.10. The van der Waals surface area contributed by atoms with Gasteiger partial charge in [0.2, 0.25) is 5.91 Å². The maximum Gasteiger partial charge on any atom is 0.217 e. The highest BCUT2D eigenvalue weighted by molar-refractivity contribution is 5.74. The number of carbonyl (C=O) groups excluding carboxylic acids is 1. The Bertz CT molecular complexity index is 650. The normalized spacial score (nSPS) is 11.6. The summed E-state index contributed by atoms with van der Waals surface area (Å²) in [6.45, 7) is 3.48. The molecule has 22 heavy (non-hydrogen) atoms. The topological polar surface area (TPSA) is 47.6 Å². The average molecular weight is 299 g/mol. The summed E-state index contributed by atoms with van der Waals surface area (Å²) in [5.41, 5.74) is 3.07. The van der Waals surface area contributed by atoms with Gasteiger partial charge in [-0.05, 0) is 36.2 Å². The van der Waals surface area contributed by atoms with Gasteiger partial charge >= 0.3 is 0 Å². The summed E-state index contributed by atoms with van der Waals surface area (Å²) in [7, 11) is 3.29. The molecule has 0 saturated heterocycles. The number of hydrogen-bond donors (Lipinski definition) is 1. The number of carbonyl (C=O) groups is 1. The van der Waals surface area contributed by atoms with Crippen molar-refractivity contribution in [3.63, 3.8) is 0 Å². The molecule has 2 aromatic carbocycles. The molecule has 1 N–H and O–H groups in total. The summed E-state index contributed by atoms with van der Waals surface area (Å²) < 4.78 is 10.7. The van der Waals surface area contributed by atoms with Crippen LogP contribution in [0.15, 0.2) is 42.5 Å². The van der Waals surface area contributed by atoms with Crippen molar-refractivity contribution in [3.05, 3.63) is 48.0 Å². The summed E-state index contributed by atoms with van der Waals surface area (Å²) in [5.74, 6) is 1.54. The quantitative estimate of drug-likeness (QED) is 0.918. The third kappa shape index (κ3) is 3.58. The molecule has 0 aliphatic rings. The zero-order valence-corrected chi connectivity index (χ0v) is 13.3. The van der Waals surface area contributed by atoms with E-state index in [0.29, 0.717) is 0 Å². The molecule has 2 aromatic rings. The molecular formula is C18H21NO3. The molecule has 0 spiro atoms. The molecule has 0 saturated carbocycles. The van der Waals surface area contributed by atoms with Crippen LogP contribution in [0.5, 0.6) is 11.5 Å². The van der Waals surface area contributed by atoms with E-state index < -0.39 is 0 Å². The molecule has 1 atom stereocenters. The van der Waals surface area contributed by atoms with E-state index in [1.54, 1.807) is 14.2 Å². The predicted molar refractivity (Wildman–Crippen MR) is 87.2 cm³/mol. The lowest BCUT2D eigenvalue weighted by Crippen LogP contribution is -2.23. The summed E-state index contributed by atoms with van der Waals surface area (Å²) in [6, 6.07) is 13.8. The number of benzene rings is 2. The number of nitrogens with one attached hydrogen (secondary N) is 1. The van der Waals surface area contributed by atoms with E-state index in [0.717, 1.165) is 28.2 Å². The van der Waals surface area contributed by atoms with E-state index in [2.05, 4.69) is 5.32 Å². The molecule has 1 unspecified atom stereocenters. The number of amides is 1. The molecule has 116 valence electrons. The van der Waals surface area contributed by atoms with Crippen LogP contribution < -0.4 is 14.8 Å². The van der Waals surface area contributed by atoms with Gasteiger partial charge in [-0.2, -0.15) is 0 Å². The van der Waals surface area contributed by atoms with Crippen LogP contribution in [0.2, 0.25) is 0 Å². The maximum atomic E-state index is 11.1. The molecule has 4 heteroatoms. The van der Waals surface area contributed by atoms with Gasteiger partial charge in [0.05, 0.1) is 20.3 Å². The van der Waals surface area contributed by atoms with Crippen LogP contribution in [-0.4, -0.2) is 20.1 Å². The highest BCUT2D eigenvalue weighted by Crippen LogP contribution is 2.33. The van der Waals surface area contributed by atoms with E-state index in [-0.39, 0.29) is 11.9 Å². The van der Waals surface area contributed by atoms with Crippen molar-refractivity contribution in [3.8, 4) is 22.6 Å². The van der Waals surface area contributed by atoms with Gasteiger partial charge in [0.1, 0.15) is 11.5 Å². The fourth-order valence-electron chi connectivity index (χ4n) is 2.38. The van der Waals surface area contributed by atoms with E-state index in [1.807, 2.05) is 49.4 Å². The Kier molecular flexibility index (Phi) is 5.04. The van der Waals surface area contributed by atoms with Crippen molar-refractivity contribution in [2.24, 2.45) is 0 Å². The van der Waals surface area contributed by atoms with Gasteiger partial charge in [-0.25, -0.2) is 0 Å². The van der Waals surface area contributed by atoms with Gasteiger partial charge in [0.25, 0.3) is 0 Å². The maximum absolute atomic E-state index is 11.1. The Morgan fingerprint density at radius 2 is 1.73 bits per heavy atom. The largest absolute Gasteiger partial charge is 0.497 e. The molecule has 0 aliphatic heterocycles. The second-order valence-electron chi connectivity index (χ2n) is 5.11. The van der Waals surface area contributed by atoms with E-state index in [1.165, 1.54) is 6.92 Å². The molecule has 1 amide bonds. The van der Waals surface area contributed by atoms with Gasteiger partial charge in [-0.15, -0.1) is 0 Å². The first kappa shape index (κ1) is 15.9. The van der Waals surface area contributed by atoms with Crippen LogP contribution >= 0.6 is 0 Å². The fourth-order valence-corrected chi connectivity index (χ4v) is 2.38. The first-order valence-electron chi connectivity index (χ1n) is 7.14. The molecule has 0 heterocycles. The van der Waals surface area contributed by atoms with Crippen molar-refractivity contribution in [1.29, 1.82) is 0 Å². The molecule has 0 radical (unpaired) electrons. The molecule has 0 fully saturated rings. The molecular weight excluding hydrogens is 278 g/mol. The van der Waals surface area contributed by atoms with E-state index in [9.17, 15) is 4.79 Å². The third-order valence-electron chi connectivity index (χ3n) is 3.55. The van der Waals surface area contributed by atoms with Crippen LogP contribution in [0, 0.1) is 0 Å². The van der Waals surface area contributed by atoms with Crippen molar-refractivity contribution in [2.75, 3.05) is 14.2 Å². The highest BCUT2D eigenvalue weighted by atomic mass is 16.5. The third-order valence-corrected chi connectivity index (χ3v) is 3.55. The lowest BCUT2D eigenvalue weighted by molar-refractivity contribution is -0.119. The summed E-state index contributed by atoms with van der Waals surface area (Å²) >= 11 is 0. The lowest BCUT2D eigenvalue weighted by Gasteiger charge is -2.14. The smallest absolute Gasteiger partial charge is 0.217 e. The van der Waals surface area contributed by atoms with Crippen LogP contribution in [0.25, 0.3) is 11.1 Å². The Hall–Kier alpha value is -2.49. The van der Waals surface area contributed by atoms with Crippen LogP contribution in [0.4, 0.5) is 0 Å². The number of rotatable bonds is 5. The SMILES string of the molecule is COc1ccc(OC)c(-c2ccc(C(C)NC(C)=O)cc2)c1. The van der Waals surface area contributed by atoms with Gasteiger partial charge in [0, 0.05) is 12.5 Å². The fraction of sp³-hybridized carbons (Fsp3) is 0.278. The first-order valence-corrected chi connectivity index (χ1v) is 7.14. The number of methoxy groups -OCH3 is 2. The van der Waals surface area contributed by atoms with Gasteiger partial charge in [0.15, 0.2) is 0 Å². The standard InChI is InChI=1S/C18H21NO3/c1-12(19-13(2)20)14-5-7-15(8-6-14)17-11-16(21-3)9-10-18(17)22-4/h5-12H,1-4H3,(H,19,20). The molecule has 0 aromatic heterocycles. The van der Waals surface area contributed by atoms with Crippen molar-refractivity contribution < 1.29 is 14.3 Å². The van der Waals surface area contributed by atoms with Crippen LogP contribution in [-0.2, 0) is 4.79 Å². The number of hydrogen-bond acceptors (Lipinski definition) is 3. The summed E-state index contributed by atoms with van der Waals surface area (Å²) in [5, 5.41) is 2.88. The zero-order valence-electron chi connectivity index (χ0n) is 13.3. The number of ether oxygens (including phenoxy) is 2. The summed E-state index contributed by atoms with van der Waals surface area (Å²) in [4.78, 5) is 11.1. The van der Waals surface area contributed by atoms with Crippen LogP contribution in [0.3, 0.4) is 0 Å². The Labute approximate surface area is 131 Å². The Morgan fingerprint density at radius 3 is 2.27 bits per heavy atom. The molecule has 0 bridgehead atoms. The minimum atomic E-state index is -0.0361. The average Bonchev–Trinajstić information content (AvgIpc) is 2.53.